The van der Waals surface area contributed by atoms with Crippen molar-refractivity contribution in [3.05, 3.63) is 94.6 Å². The second kappa shape index (κ2) is 11.0. The molecule has 1 atom stereocenters. The smallest absolute Gasteiger partial charge is 0.235 e. The predicted molar refractivity (Wildman–Crippen MR) is 140 cm³/mol. The second-order valence-electron chi connectivity index (χ2n) is 9.23. The van der Waals surface area contributed by atoms with Gasteiger partial charge < -0.3 is 23.9 Å². The van der Waals surface area contributed by atoms with Crippen molar-refractivity contribution in [2.45, 2.75) is 13.0 Å². The molecule has 0 bridgehead atoms. The number of hydrogen-bond acceptors (Lipinski definition) is 7. The van der Waals surface area contributed by atoms with Crippen molar-refractivity contribution in [3.8, 4) is 17.2 Å². The van der Waals surface area contributed by atoms with Crippen LogP contribution in [0.15, 0.2) is 82.2 Å². The summed E-state index contributed by atoms with van der Waals surface area (Å²) in [6.45, 7) is 5.74. The molecule has 8 heteroatoms. The van der Waals surface area contributed by atoms with E-state index in [9.17, 15) is 14.3 Å². The number of halogens is 1. The quantitative estimate of drug-likeness (QED) is 0.376. The van der Waals surface area contributed by atoms with Crippen LogP contribution >= 0.6 is 0 Å². The van der Waals surface area contributed by atoms with Crippen LogP contribution in [-0.2, 0) is 0 Å². The highest BCUT2D eigenvalue weighted by molar-refractivity contribution is 5.79. The molecule has 37 heavy (non-hydrogen) atoms. The van der Waals surface area contributed by atoms with Crippen molar-refractivity contribution in [3.63, 3.8) is 0 Å². The number of nitrogens with zero attached hydrogens (tertiary/aromatic N) is 2. The predicted octanol–water partition coefficient (Wildman–Crippen LogP) is 4.59. The van der Waals surface area contributed by atoms with E-state index in [1.165, 1.54) is 18.4 Å². The Kier molecular flexibility index (Phi) is 7.39. The van der Waals surface area contributed by atoms with E-state index in [1.807, 2.05) is 25.1 Å². The second-order valence-corrected chi connectivity index (χ2v) is 9.23. The summed E-state index contributed by atoms with van der Waals surface area (Å²) in [4.78, 5) is 17.2. The highest BCUT2D eigenvalue weighted by atomic mass is 19.1. The first-order valence-corrected chi connectivity index (χ1v) is 12.3. The van der Waals surface area contributed by atoms with Crippen LogP contribution in [0, 0.1) is 12.7 Å². The van der Waals surface area contributed by atoms with E-state index in [-0.39, 0.29) is 23.6 Å². The molecule has 0 spiro atoms. The first kappa shape index (κ1) is 24.8. The number of piperazine rings is 1. The minimum absolute atomic E-state index is 0.113. The van der Waals surface area contributed by atoms with E-state index in [1.54, 1.807) is 36.4 Å². The molecule has 0 amide bonds. The van der Waals surface area contributed by atoms with Crippen molar-refractivity contribution in [2.75, 3.05) is 44.2 Å². The minimum atomic E-state index is -0.676. The molecule has 3 aromatic carbocycles. The number of benzene rings is 3. The average Bonchev–Trinajstić information content (AvgIpc) is 2.90. The normalized spacial score (nSPS) is 15.1. The summed E-state index contributed by atoms with van der Waals surface area (Å²) < 4.78 is 30.3. The van der Waals surface area contributed by atoms with Crippen molar-refractivity contribution in [2.24, 2.45) is 0 Å². The Morgan fingerprint density at radius 2 is 1.78 bits per heavy atom. The van der Waals surface area contributed by atoms with Gasteiger partial charge in [-0.2, -0.15) is 0 Å². The van der Waals surface area contributed by atoms with E-state index in [4.69, 9.17) is 13.9 Å². The SMILES string of the molecule is Cc1cccc(Oc2coc3cc(OCC(O)CN4CCN(c5ccc(F)cc5)CC4)ccc3c2=O)c1. The summed E-state index contributed by atoms with van der Waals surface area (Å²) >= 11 is 0. The number of ether oxygens (including phenoxy) is 2. The summed E-state index contributed by atoms with van der Waals surface area (Å²) in [6.07, 6.45) is 0.627. The Morgan fingerprint density at radius 3 is 2.54 bits per heavy atom. The minimum Gasteiger partial charge on any atom is -0.491 e. The number of β-amino-alcohol motifs (C(OH)–C–C–N with tert-alkyl or cyclic N) is 1. The van der Waals surface area contributed by atoms with Gasteiger partial charge in [0.25, 0.3) is 0 Å². The Morgan fingerprint density at radius 1 is 1.00 bits per heavy atom. The van der Waals surface area contributed by atoms with Crippen LogP contribution in [0.4, 0.5) is 10.1 Å². The molecule has 1 aliphatic rings. The van der Waals surface area contributed by atoms with E-state index < -0.39 is 6.10 Å². The summed E-state index contributed by atoms with van der Waals surface area (Å²) in [5.41, 5.74) is 2.14. The topological polar surface area (TPSA) is 75.4 Å². The lowest BCUT2D eigenvalue weighted by Gasteiger charge is -2.36. The van der Waals surface area contributed by atoms with E-state index in [0.717, 1.165) is 37.4 Å². The summed E-state index contributed by atoms with van der Waals surface area (Å²) in [5.74, 6) is 0.943. The van der Waals surface area contributed by atoms with Gasteiger partial charge in [-0.3, -0.25) is 9.69 Å². The average molecular weight is 505 g/mol. The van der Waals surface area contributed by atoms with Gasteiger partial charge >= 0.3 is 0 Å². The molecule has 5 rings (SSSR count). The molecule has 1 fully saturated rings. The van der Waals surface area contributed by atoms with Gasteiger partial charge in [0, 0.05) is 44.5 Å². The standard InChI is InChI=1S/C29H29FN2O5/c1-20-3-2-4-25(15-20)37-28-19-36-27-16-24(9-10-26(27)29(28)34)35-18-23(33)17-31-11-13-32(14-12-31)22-7-5-21(30)6-8-22/h2-10,15-16,19,23,33H,11-14,17-18H2,1H3. The van der Waals surface area contributed by atoms with Crippen LogP contribution in [0.25, 0.3) is 11.0 Å². The number of aliphatic hydroxyl groups is 1. The van der Waals surface area contributed by atoms with Crippen LogP contribution < -0.4 is 19.8 Å². The van der Waals surface area contributed by atoms with Crippen molar-refractivity contribution in [1.82, 2.24) is 4.90 Å². The van der Waals surface area contributed by atoms with Gasteiger partial charge in [-0.15, -0.1) is 0 Å². The fourth-order valence-electron chi connectivity index (χ4n) is 4.44. The molecule has 1 N–H and O–H groups in total. The monoisotopic (exact) mass is 504 g/mol. The van der Waals surface area contributed by atoms with Crippen molar-refractivity contribution in [1.29, 1.82) is 0 Å². The summed E-state index contributed by atoms with van der Waals surface area (Å²) in [6, 6.07) is 18.9. The van der Waals surface area contributed by atoms with E-state index >= 15 is 0 Å². The third kappa shape index (κ3) is 6.10. The molecule has 1 unspecified atom stereocenters. The largest absolute Gasteiger partial charge is 0.491 e. The zero-order valence-corrected chi connectivity index (χ0v) is 20.6. The maximum atomic E-state index is 13.2. The number of aryl methyl sites for hydroxylation is 1. The fourth-order valence-corrected chi connectivity index (χ4v) is 4.44. The van der Waals surface area contributed by atoms with Crippen molar-refractivity contribution < 1.29 is 23.4 Å². The van der Waals surface area contributed by atoms with Gasteiger partial charge in [0.1, 0.15) is 41.9 Å². The van der Waals surface area contributed by atoms with Crippen LogP contribution in [0.1, 0.15) is 5.56 Å². The van der Waals surface area contributed by atoms with Crippen LogP contribution in [0.5, 0.6) is 17.2 Å². The highest BCUT2D eigenvalue weighted by Crippen LogP contribution is 2.25. The van der Waals surface area contributed by atoms with Crippen LogP contribution in [0.2, 0.25) is 0 Å². The number of anilines is 1. The summed E-state index contributed by atoms with van der Waals surface area (Å²) in [7, 11) is 0. The number of aliphatic hydroxyl groups excluding tert-OH is 1. The molecule has 1 saturated heterocycles. The number of rotatable bonds is 8. The van der Waals surface area contributed by atoms with E-state index in [0.29, 0.717) is 29.0 Å². The fraction of sp³-hybridized carbons (Fsp3) is 0.276. The molecule has 0 radical (unpaired) electrons. The van der Waals surface area contributed by atoms with Crippen molar-refractivity contribution >= 4 is 16.7 Å². The lowest BCUT2D eigenvalue weighted by atomic mass is 10.2. The third-order valence-corrected chi connectivity index (χ3v) is 6.41. The molecule has 1 aliphatic heterocycles. The maximum Gasteiger partial charge on any atom is 0.235 e. The Bertz CT molecular complexity index is 1410. The molecule has 1 aromatic heterocycles. The maximum absolute atomic E-state index is 13.2. The molecule has 7 nitrogen and oxygen atoms in total. The molecule has 192 valence electrons. The highest BCUT2D eigenvalue weighted by Gasteiger charge is 2.20. The molecule has 4 aromatic rings. The van der Waals surface area contributed by atoms with Gasteiger partial charge in [-0.05, 0) is 61.0 Å². The summed E-state index contributed by atoms with van der Waals surface area (Å²) in [5, 5.41) is 10.9. The Hall–Kier alpha value is -3.88. The first-order chi connectivity index (χ1) is 17.9. The molecular weight excluding hydrogens is 475 g/mol. The molecular formula is C29H29FN2O5. The Labute approximate surface area is 214 Å². The van der Waals surface area contributed by atoms with Gasteiger partial charge in [-0.25, -0.2) is 4.39 Å². The Balaban J connectivity index is 1.14. The molecule has 0 aliphatic carbocycles. The molecule has 0 saturated carbocycles. The van der Waals surface area contributed by atoms with Gasteiger partial charge in [-0.1, -0.05) is 12.1 Å². The van der Waals surface area contributed by atoms with E-state index in [2.05, 4.69) is 9.80 Å². The van der Waals surface area contributed by atoms with Crippen LogP contribution in [-0.4, -0.2) is 55.4 Å². The van der Waals surface area contributed by atoms with Gasteiger partial charge in [0.15, 0.2) is 0 Å². The lowest BCUT2D eigenvalue weighted by molar-refractivity contribution is 0.0663. The van der Waals surface area contributed by atoms with Gasteiger partial charge in [0.05, 0.1) is 5.39 Å². The zero-order chi connectivity index (χ0) is 25.8. The third-order valence-electron chi connectivity index (χ3n) is 6.41. The van der Waals surface area contributed by atoms with Crippen LogP contribution in [0.3, 0.4) is 0 Å². The lowest BCUT2D eigenvalue weighted by Crippen LogP contribution is -2.49. The van der Waals surface area contributed by atoms with Gasteiger partial charge in [0.2, 0.25) is 11.2 Å². The zero-order valence-electron chi connectivity index (χ0n) is 20.6. The number of fused-ring (bicyclic) bond motifs is 1. The first-order valence-electron chi connectivity index (χ1n) is 12.3. The molecule has 2 heterocycles. The number of hydrogen-bond donors (Lipinski definition) is 1.